The van der Waals surface area contributed by atoms with Crippen LogP contribution < -0.4 is 5.32 Å². The van der Waals surface area contributed by atoms with E-state index in [1.54, 1.807) is 7.05 Å². The molecule has 136 valence electrons. The van der Waals surface area contributed by atoms with E-state index in [-0.39, 0.29) is 11.8 Å². The molecule has 1 fully saturated rings. The zero-order valence-corrected chi connectivity index (χ0v) is 15.5. The van der Waals surface area contributed by atoms with Crippen molar-refractivity contribution in [1.29, 1.82) is 0 Å². The number of rotatable bonds is 5. The maximum absolute atomic E-state index is 12.7. The van der Waals surface area contributed by atoms with Crippen LogP contribution in [0.4, 0.5) is 0 Å². The molecule has 0 radical (unpaired) electrons. The van der Waals surface area contributed by atoms with E-state index in [0.717, 1.165) is 16.7 Å². The molecule has 2 amide bonds. The Balaban J connectivity index is 1.87. The summed E-state index contributed by atoms with van der Waals surface area (Å²) in [5, 5.41) is 2.81. The monoisotopic (exact) mass is 350 g/mol. The van der Waals surface area contributed by atoms with Crippen LogP contribution in [0.2, 0.25) is 0 Å². The standard InChI is InChI=1S/C22H26N2O2/c1-3-20(25)24-13-12-22(16-24,21(26)23-2)15-17-8-7-11-19(14-17)18-9-5-4-6-10-18/h4-11,14H,3,12-13,15-16H2,1-2H3,(H,23,26)/t22-/m1/s1. The van der Waals surface area contributed by atoms with Crippen molar-refractivity contribution in [2.24, 2.45) is 5.41 Å². The zero-order valence-electron chi connectivity index (χ0n) is 15.5. The lowest BCUT2D eigenvalue weighted by Gasteiger charge is -2.28. The van der Waals surface area contributed by atoms with Gasteiger partial charge in [0.05, 0.1) is 5.41 Å². The number of hydrogen-bond acceptors (Lipinski definition) is 2. The Morgan fingerprint density at radius 3 is 2.50 bits per heavy atom. The molecule has 0 spiro atoms. The van der Waals surface area contributed by atoms with Crippen molar-refractivity contribution in [1.82, 2.24) is 10.2 Å². The Morgan fingerprint density at radius 1 is 1.08 bits per heavy atom. The minimum atomic E-state index is -0.547. The molecule has 2 aromatic carbocycles. The molecule has 1 N–H and O–H groups in total. The molecule has 3 rings (SSSR count). The molecule has 1 atom stereocenters. The van der Waals surface area contributed by atoms with Crippen molar-refractivity contribution in [2.45, 2.75) is 26.2 Å². The summed E-state index contributed by atoms with van der Waals surface area (Å²) in [5.41, 5.74) is 2.89. The number of benzene rings is 2. The van der Waals surface area contributed by atoms with Gasteiger partial charge >= 0.3 is 0 Å². The number of carbonyl (C=O) groups is 2. The van der Waals surface area contributed by atoms with Crippen LogP contribution in [-0.2, 0) is 16.0 Å². The third-order valence-electron chi connectivity index (χ3n) is 5.29. The molecular formula is C22H26N2O2. The van der Waals surface area contributed by atoms with Gasteiger partial charge < -0.3 is 10.2 Å². The maximum Gasteiger partial charge on any atom is 0.228 e. The zero-order chi connectivity index (χ0) is 18.6. The van der Waals surface area contributed by atoms with E-state index < -0.39 is 5.41 Å². The summed E-state index contributed by atoms with van der Waals surface area (Å²) in [6, 6.07) is 18.6. The molecule has 0 aliphatic carbocycles. The van der Waals surface area contributed by atoms with Gasteiger partial charge in [0.1, 0.15) is 0 Å². The highest BCUT2D eigenvalue weighted by Gasteiger charge is 2.45. The van der Waals surface area contributed by atoms with Crippen LogP contribution in [0.25, 0.3) is 11.1 Å². The summed E-state index contributed by atoms with van der Waals surface area (Å²) in [7, 11) is 1.68. The van der Waals surface area contributed by atoms with Crippen molar-refractivity contribution in [3.05, 3.63) is 60.2 Å². The van der Waals surface area contributed by atoms with Gasteiger partial charge in [0.25, 0.3) is 0 Å². The first-order valence-electron chi connectivity index (χ1n) is 9.22. The van der Waals surface area contributed by atoms with E-state index in [4.69, 9.17) is 0 Å². The van der Waals surface area contributed by atoms with Gasteiger partial charge in [0, 0.05) is 26.6 Å². The van der Waals surface area contributed by atoms with Crippen LogP contribution in [-0.4, -0.2) is 36.9 Å². The number of nitrogens with zero attached hydrogens (tertiary/aromatic N) is 1. The fourth-order valence-corrected chi connectivity index (χ4v) is 3.87. The fourth-order valence-electron chi connectivity index (χ4n) is 3.87. The third-order valence-corrected chi connectivity index (χ3v) is 5.29. The van der Waals surface area contributed by atoms with Gasteiger partial charge in [-0.1, -0.05) is 61.5 Å². The van der Waals surface area contributed by atoms with Gasteiger partial charge in [0.2, 0.25) is 11.8 Å². The predicted octanol–water partition coefficient (Wildman–Crippen LogP) is 3.27. The Bertz CT molecular complexity index is 788. The van der Waals surface area contributed by atoms with Gasteiger partial charge in [-0.15, -0.1) is 0 Å². The second-order valence-corrected chi connectivity index (χ2v) is 7.02. The maximum atomic E-state index is 12.7. The largest absolute Gasteiger partial charge is 0.359 e. The summed E-state index contributed by atoms with van der Waals surface area (Å²) >= 11 is 0. The summed E-state index contributed by atoms with van der Waals surface area (Å²) in [5.74, 6) is 0.142. The topological polar surface area (TPSA) is 49.4 Å². The number of hydrogen-bond donors (Lipinski definition) is 1. The Kier molecular flexibility index (Phi) is 5.40. The molecule has 1 heterocycles. The predicted molar refractivity (Wildman–Crippen MR) is 104 cm³/mol. The van der Waals surface area contributed by atoms with Crippen molar-refractivity contribution >= 4 is 11.8 Å². The van der Waals surface area contributed by atoms with Gasteiger partial charge in [-0.05, 0) is 29.5 Å². The number of amides is 2. The quantitative estimate of drug-likeness (QED) is 0.900. The molecule has 4 nitrogen and oxygen atoms in total. The molecule has 4 heteroatoms. The van der Waals surface area contributed by atoms with Gasteiger partial charge in [-0.3, -0.25) is 9.59 Å². The van der Waals surface area contributed by atoms with Gasteiger partial charge in [-0.2, -0.15) is 0 Å². The minimum Gasteiger partial charge on any atom is -0.359 e. The normalized spacial score (nSPS) is 19.4. The molecule has 1 aliphatic heterocycles. The summed E-state index contributed by atoms with van der Waals surface area (Å²) in [6.45, 7) is 3.01. The van der Waals surface area contributed by atoms with Crippen molar-refractivity contribution in [3.8, 4) is 11.1 Å². The Labute approximate surface area is 155 Å². The van der Waals surface area contributed by atoms with E-state index in [2.05, 4.69) is 35.6 Å². The molecule has 1 saturated heterocycles. The summed E-state index contributed by atoms with van der Waals surface area (Å²) < 4.78 is 0. The van der Waals surface area contributed by atoms with Crippen LogP contribution in [0.3, 0.4) is 0 Å². The molecular weight excluding hydrogens is 324 g/mol. The van der Waals surface area contributed by atoms with Gasteiger partial charge in [0.15, 0.2) is 0 Å². The van der Waals surface area contributed by atoms with E-state index in [0.29, 0.717) is 32.4 Å². The molecule has 2 aromatic rings. The molecule has 1 aliphatic rings. The van der Waals surface area contributed by atoms with Crippen LogP contribution in [0.1, 0.15) is 25.3 Å². The third kappa shape index (κ3) is 3.64. The van der Waals surface area contributed by atoms with Crippen LogP contribution in [0.15, 0.2) is 54.6 Å². The molecule has 0 aromatic heterocycles. The first kappa shape index (κ1) is 18.2. The van der Waals surface area contributed by atoms with Crippen LogP contribution >= 0.6 is 0 Å². The second-order valence-electron chi connectivity index (χ2n) is 7.02. The highest BCUT2D eigenvalue weighted by Crippen LogP contribution is 2.35. The van der Waals surface area contributed by atoms with E-state index in [1.165, 1.54) is 0 Å². The highest BCUT2D eigenvalue weighted by atomic mass is 16.2. The second kappa shape index (κ2) is 7.73. The van der Waals surface area contributed by atoms with Gasteiger partial charge in [-0.25, -0.2) is 0 Å². The number of likely N-dealkylation sites (tertiary alicyclic amines) is 1. The average Bonchev–Trinajstić information content (AvgIpc) is 3.13. The van der Waals surface area contributed by atoms with Crippen LogP contribution in [0.5, 0.6) is 0 Å². The molecule has 0 bridgehead atoms. The average molecular weight is 350 g/mol. The molecule has 0 unspecified atom stereocenters. The van der Waals surface area contributed by atoms with Crippen molar-refractivity contribution < 1.29 is 9.59 Å². The smallest absolute Gasteiger partial charge is 0.228 e. The lowest BCUT2D eigenvalue weighted by molar-refractivity contribution is -0.132. The highest BCUT2D eigenvalue weighted by molar-refractivity contribution is 5.85. The van der Waals surface area contributed by atoms with E-state index >= 15 is 0 Å². The summed E-state index contributed by atoms with van der Waals surface area (Å²) in [4.78, 5) is 26.6. The molecule has 26 heavy (non-hydrogen) atoms. The lowest BCUT2D eigenvalue weighted by Crippen LogP contribution is -2.44. The SMILES string of the molecule is CCC(=O)N1CC[C@](Cc2cccc(-c3ccccc3)c2)(C(=O)NC)C1. The first-order valence-corrected chi connectivity index (χ1v) is 9.22. The van der Waals surface area contributed by atoms with Crippen molar-refractivity contribution in [3.63, 3.8) is 0 Å². The summed E-state index contributed by atoms with van der Waals surface area (Å²) in [6.07, 6.45) is 1.82. The molecule has 0 saturated carbocycles. The Hall–Kier alpha value is -2.62. The minimum absolute atomic E-state index is 0.0222. The number of carbonyl (C=O) groups excluding carboxylic acids is 2. The van der Waals surface area contributed by atoms with E-state index in [9.17, 15) is 9.59 Å². The number of nitrogens with one attached hydrogen (secondary N) is 1. The van der Waals surface area contributed by atoms with E-state index in [1.807, 2.05) is 36.1 Å². The Morgan fingerprint density at radius 2 is 1.81 bits per heavy atom. The van der Waals surface area contributed by atoms with Crippen molar-refractivity contribution in [2.75, 3.05) is 20.1 Å². The first-order chi connectivity index (χ1) is 12.6. The lowest BCUT2D eigenvalue weighted by atomic mass is 9.79. The fraction of sp³-hybridized carbons (Fsp3) is 0.364. The van der Waals surface area contributed by atoms with Crippen LogP contribution in [0, 0.1) is 5.41 Å².